The summed E-state index contributed by atoms with van der Waals surface area (Å²) >= 11 is 1.88. The first kappa shape index (κ1) is 30.7. The van der Waals surface area contributed by atoms with Crippen LogP contribution >= 0.6 is 11.3 Å². The van der Waals surface area contributed by atoms with Crippen LogP contribution in [0.15, 0.2) is 200 Å². The molecule has 0 saturated carbocycles. The lowest BCUT2D eigenvalue weighted by Gasteiger charge is -2.32. The maximum absolute atomic E-state index is 2.48. The van der Waals surface area contributed by atoms with Crippen LogP contribution in [-0.2, 0) is 5.41 Å². The van der Waals surface area contributed by atoms with Gasteiger partial charge in [0.2, 0.25) is 0 Å². The number of hydrogen-bond acceptors (Lipinski definition) is 2. The summed E-state index contributed by atoms with van der Waals surface area (Å²) in [5.41, 5.74) is 16.1. The number of nitrogens with zero attached hydrogens (tertiary/aromatic N) is 1. The van der Waals surface area contributed by atoms with Crippen molar-refractivity contribution in [2.75, 3.05) is 4.90 Å². The minimum atomic E-state index is -0.406. The van der Waals surface area contributed by atoms with Crippen molar-refractivity contribution in [1.82, 2.24) is 0 Å². The number of hydrogen-bond donors (Lipinski definition) is 0. The fourth-order valence-corrected chi connectivity index (χ4v) is 11.0. The van der Waals surface area contributed by atoms with Gasteiger partial charge in [0.15, 0.2) is 0 Å². The van der Waals surface area contributed by atoms with Crippen molar-refractivity contribution in [3.05, 3.63) is 222 Å². The second-order valence-corrected chi connectivity index (χ2v) is 15.9. The van der Waals surface area contributed by atoms with E-state index in [2.05, 4.69) is 205 Å². The molecule has 0 radical (unpaired) electrons. The number of benzene rings is 9. The molecule has 2 aliphatic carbocycles. The molecule has 0 unspecified atom stereocenters. The molecule has 0 atom stereocenters. The second kappa shape index (κ2) is 11.6. The standard InChI is InChI=1S/C53H33NS/c1-2-16-36(17-3-1)54(37-18-12-15-35(32-37)39-23-13-14-34-28-31-50-52(51(34)39)44-22-7-11-27-49(44)55-50)38-29-30-43-42-21-6-10-26-47(42)53(48(43)33-38)45-24-8-4-19-40(45)41-20-5-9-25-46(41)53/h1-33H. The van der Waals surface area contributed by atoms with Crippen LogP contribution in [0.1, 0.15) is 22.3 Å². The first-order chi connectivity index (χ1) is 27.3. The molecular weight excluding hydrogens is 683 g/mol. The highest BCUT2D eigenvalue weighted by Crippen LogP contribution is 2.63. The zero-order valence-electron chi connectivity index (χ0n) is 29.9. The monoisotopic (exact) mass is 715 g/mol. The Hall–Kier alpha value is -6.74. The van der Waals surface area contributed by atoms with Gasteiger partial charge in [-0.15, -0.1) is 11.3 Å². The van der Waals surface area contributed by atoms with Crippen molar-refractivity contribution in [1.29, 1.82) is 0 Å². The molecule has 1 heterocycles. The van der Waals surface area contributed by atoms with Crippen molar-refractivity contribution >= 4 is 59.3 Å². The van der Waals surface area contributed by atoms with Gasteiger partial charge in [-0.25, -0.2) is 0 Å². The Morgan fingerprint density at radius 3 is 1.67 bits per heavy atom. The van der Waals surface area contributed by atoms with E-state index in [1.54, 1.807) is 0 Å². The van der Waals surface area contributed by atoms with Crippen molar-refractivity contribution in [2.45, 2.75) is 5.41 Å². The van der Waals surface area contributed by atoms with E-state index in [0.717, 1.165) is 17.1 Å². The van der Waals surface area contributed by atoms with E-state index in [1.807, 2.05) is 11.3 Å². The predicted molar refractivity (Wildman–Crippen MR) is 233 cm³/mol. The highest BCUT2D eigenvalue weighted by atomic mass is 32.1. The molecule has 1 nitrogen and oxygen atoms in total. The Morgan fingerprint density at radius 2 is 0.927 bits per heavy atom. The van der Waals surface area contributed by atoms with Gasteiger partial charge in [0.1, 0.15) is 0 Å². The van der Waals surface area contributed by atoms with E-state index in [1.165, 1.54) is 86.6 Å². The lowest BCUT2D eigenvalue weighted by Crippen LogP contribution is -2.26. The normalized spacial score (nSPS) is 13.2. The van der Waals surface area contributed by atoms with E-state index < -0.39 is 5.41 Å². The Bertz CT molecular complexity index is 3110. The molecule has 9 aromatic carbocycles. The number of fused-ring (bicyclic) bond motifs is 15. The average Bonchev–Trinajstić information content (AvgIpc) is 3.88. The molecule has 0 bridgehead atoms. The third-order valence-electron chi connectivity index (χ3n) is 12.1. The molecule has 2 aliphatic rings. The third kappa shape index (κ3) is 4.23. The number of para-hydroxylation sites is 1. The van der Waals surface area contributed by atoms with Gasteiger partial charge in [0.05, 0.1) is 5.41 Å². The largest absolute Gasteiger partial charge is 0.310 e. The highest BCUT2D eigenvalue weighted by Gasteiger charge is 2.51. The van der Waals surface area contributed by atoms with E-state index >= 15 is 0 Å². The van der Waals surface area contributed by atoms with Gasteiger partial charge in [0.25, 0.3) is 0 Å². The fourth-order valence-electron chi connectivity index (χ4n) is 9.89. The first-order valence-electron chi connectivity index (χ1n) is 19.0. The zero-order chi connectivity index (χ0) is 36.1. The van der Waals surface area contributed by atoms with Crippen molar-refractivity contribution in [3.8, 4) is 33.4 Å². The smallest absolute Gasteiger partial charge is 0.0726 e. The van der Waals surface area contributed by atoms with Gasteiger partial charge in [-0.05, 0) is 115 Å². The van der Waals surface area contributed by atoms with E-state index in [-0.39, 0.29) is 0 Å². The SMILES string of the molecule is c1ccc(N(c2cccc(-c3cccc4ccc5sc6ccccc6c5c34)c2)c2ccc3c(c2)C2(c4ccccc4-c4ccccc42)c2ccccc2-3)cc1. The molecule has 10 aromatic rings. The van der Waals surface area contributed by atoms with Gasteiger partial charge in [-0.2, -0.15) is 0 Å². The van der Waals surface area contributed by atoms with E-state index in [4.69, 9.17) is 0 Å². The Balaban J connectivity index is 1.09. The molecule has 0 N–H and O–H groups in total. The summed E-state index contributed by atoms with van der Waals surface area (Å²) in [6.45, 7) is 0. The first-order valence-corrected chi connectivity index (χ1v) is 19.8. The summed E-state index contributed by atoms with van der Waals surface area (Å²) in [5, 5.41) is 5.25. The molecular formula is C53H33NS. The van der Waals surface area contributed by atoms with Crippen LogP contribution in [0, 0.1) is 0 Å². The number of anilines is 3. The molecule has 0 aliphatic heterocycles. The summed E-state index contributed by atoms with van der Waals surface area (Å²) in [7, 11) is 0. The quantitative estimate of drug-likeness (QED) is 0.175. The van der Waals surface area contributed by atoms with Gasteiger partial charge in [-0.3, -0.25) is 0 Å². The molecule has 1 spiro atoms. The molecule has 256 valence electrons. The van der Waals surface area contributed by atoms with Gasteiger partial charge >= 0.3 is 0 Å². The average molecular weight is 716 g/mol. The number of rotatable bonds is 4. The van der Waals surface area contributed by atoms with Crippen molar-refractivity contribution in [2.24, 2.45) is 0 Å². The molecule has 55 heavy (non-hydrogen) atoms. The minimum absolute atomic E-state index is 0.406. The van der Waals surface area contributed by atoms with Gasteiger partial charge < -0.3 is 4.90 Å². The topological polar surface area (TPSA) is 3.24 Å². The van der Waals surface area contributed by atoms with Crippen LogP contribution < -0.4 is 4.90 Å². The highest BCUT2D eigenvalue weighted by molar-refractivity contribution is 7.26. The summed E-state index contributed by atoms with van der Waals surface area (Å²) in [5.74, 6) is 0. The van der Waals surface area contributed by atoms with Crippen LogP contribution in [0.5, 0.6) is 0 Å². The van der Waals surface area contributed by atoms with Gasteiger partial charge in [0, 0.05) is 37.2 Å². The summed E-state index contributed by atoms with van der Waals surface area (Å²) in [6, 6.07) is 74.4. The van der Waals surface area contributed by atoms with Crippen LogP contribution in [-0.4, -0.2) is 0 Å². The van der Waals surface area contributed by atoms with Crippen LogP contribution in [0.3, 0.4) is 0 Å². The number of thiophene rings is 1. The van der Waals surface area contributed by atoms with Crippen molar-refractivity contribution < 1.29 is 0 Å². The summed E-state index contributed by atoms with van der Waals surface area (Å²) < 4.78 is 2.65. The molecule has 0 fully saturated rings. The zero-order valence-corrected chi connectivity index (χ0v) is 30.7. The van der Waals surface area contributed by atoms with Gasteiger partial charge in [-0.1, -0.05) is 152 Å². The maximum Gasteiger partial charge on any atom is 0.0726 e. The Kier molecular flexibility index (Phi) is 6.49. The molecule has 2 heteroatoms. The summed E-state index contributed by atoms with van der Waals surface area (Å²) in [4.78, 5) is 2.44. The molecule has 0 saturated heterocycles. The fraction of sp³-hybridized carbons (Fsp3) is 0.0189. The van der Waals surface area contributed by atoms with E-state index in [9.17, 15) is 0 Å². The van der Waals surface area contributed by atoms with E-state index in [0.29, 0.717) is 0 Å². The van der Waals surface area contributed by atoms with Crippen molar-refractivity contribution in [3.63, 3.8) is 0 Å². The predicted octanol–water partition coefficient (Wildman–Crippen LogP) is 14.7. The van der Waals surface area contributed by atoms with Crippen LogP contribution in [0.2, 0.25) is 0 Å². The summed E-state index contributed by atoms with van der Waals surface area (Å²) in [6.07, 6.45) is 0. The minimum Gasteiger partial charge on any atom is -0.310 e. The molecule has 12 rings (SSSR count). The second-order valence-electron chi connectivity index (χ2n) is 14.8. The lowest BCUT2D eigenvalue weighted by atomic mass is 9.70. The maximum atomic E-state index is 2.48. The lowest BCUT2D eigenvalue weighted by molar-refractivity contribution is 0.793. The third-order valence-corrected chi connectivity index (χ3v) is 13.2. The molecule has 0 amide bonds. The Morgan fingerprint density at radius 1 is 0.345 bits per heavy atom. The molecule has 1 aromatic heterocycles. The van der Waals surface area contributed by atoms with Crippen LogP contribution in [0.25, 0.3) is 64.3 Å². The van der Waals surface area contributed by atoms with Crippen LogP contribution in [0.4, 0.5) is 17.1 Å². The Labute approximate surface area is 324 Å².